The Hall–Kier alpha value is -1.13. The van der Waals surface area contributed by atoms with Gasteiger partial charge in [0.05, 0.1) is 6.54 Å². The summed E-state index contributed by atoms with van der Waals surface area (Å²) in [5.74, 6) is 0.255. The SMILES string of the molecule is Cc1cc(C(=O)CN2CCCC(N(C)C)C2)c(C)n1C. The molecule has 1 saturated heterocycles. The van der Waals surface area contributed by atoms with Crippen LogP contribution in [0, 0.1) is 13.8 Å². The molecule has 1 atom stereocenters. The molecule has 2 rings (SSSR count). The van der Waals surface area contributed by atoms with Gasteiger partial charge >= 0.3 is 0 Å². The van der Waals surface area contributed by atoms with E-state index < -0.39 is 0 Å². The minimum atomic E-state index is 0.255. The van der Waals surface area contributed by atoms with Crippen LogP contribution in [-0.4, -0.2) is 59.9 Å². The van der Waals surface area contributed by atoms with Crippen LogP contribution in [-0.2, 0) is 7.05 Å². The van der Waals surface area contributed by atoms with E-state index in [2.05, 4.69) is 28.5 Å². The monoisotopic (exact) mass is 277 g/mol. The van der Waals surface area contributed by atoms with Crippen LogP contribution in [0.15, 0.2) is 6.07 Å². The molecule has 0 bridgehead atoms. The topological polar surface area (TPSA) is 28.5 Å². The summed E-state index contributed by atoms with van der Waals surface area (Å²) in [6.45, 7) is 6.67. The predicted octanol–water partition coefficient (Wildman–Crippen LogP) is 1.85. The van der Waals surface area contributed by atoms with Crippen molar-refractivity contribution in [1.82, 2.24) is 14.4 Å². The summed E-state index contributed by atoms with van der Waals surface area (Å²) in [6, 6.07) is 2.60. The normalized spacial score (nSPS) is 20.6. The van der Waals surface area contributed by atoms with Gasteiger partial charge in [0.25, 0.3) is 0 Å². The fourth-order valence-corrected chi connectivity index (χ4v) is 3.02. The molecule has 4 heteroatoms. The van der Waals surface area contributed by atoms with Crippen LogP contribution in [0.4, 0.5) is 0 Å². The second-order valence-corrected chi connectivity index (χ2v) is 6.26. The van der Waals surface area contributed by atoms with Crippen molar-refractivity contribution in [3.8, 4) is 0 Å². The molecule has 112 valence electrons. The van der Waals surface area contributed by atoms with Crippen LogP contribution in [0.1, 0.15) is 34.6 Å². The van der Waals surface area contributed by atoms with Gasteiger partial charge < -0.3 is 9.47 Å². The molecule has 0 amide bonds. The van der Waals surface area contributed by atoms with Crippen LogP contribution >= 0.6 is 0 Å². The minimum Gasteiger partial charge on any atom is -0.351 e. The van der Waals surface area contributed by atoms with E-state index >= 15 is 0 Å². The van der Waals surface area contributed by atoms with Gasteiger partial charge in [0.15, 0.2) is 5.78 Å². The van der Waals surface area contributed by atoms with Crippen molar-refractivity contribution in [2.45, 2.75) is 32.7 Å². The number of carbonyl (C=O) groups is 1. The van der Waals surface area contributed by atoms with E-state index in [1.807, 2.05) is 27.0 Å². The Morgan fingerprint density at radius 1 is 1.40 bits per heavy atom. The van der Waals surface area contributed by atoms with E-state index in [1.54, 1.807) is 0 Å². The fourth-order valence-electron chi connectivity index (χ4n) is 3.02. The van der Waals surface area contributed by atoms with Crippen molar-refractivity contribution < 1.29 is 4.79 Å². The highest BCUT2D eigenvalue weighted by atomic mass is 16.1. The zero-order valence-electron chi connectivity index (χ0n) is 13.4. The van der Waals surface area contributed by atoms with Gasteiger partial charge in [0, 0.05) is 36.6 Å². The van der Waals surface area contributed by atoms with Gasteiger partial charge in [-0.2, -0.15) is 0 Å². The number of hydrogen-bond donors (Lipinski definition) is 0. The maximum Gasteiger partial charge on any atom is 0.178 e. The predicted molar refractivity (Wildman–Crippen MR) is 82.4 cm³/mol. The summed E-state index contributed by atoms with van der Waals surface area (Å²) in [7, 11) is 6.27. The molecule has 1 aliphatic rings. The first kappa shape index (κ1) is 15.3. The summed E-state index contributed by atoms with van der Waals surface area (Å²) >= 11 is 0. The first-order valence-electron chi connectivity index (χ1n) is 7.45. The number of likely N-dealkylation sites (tertiary alicyclic amines) is 1. The first-order valence-corrected chi connectivity index (χ1v) is 7.45. The van der Waals surface area contributed by atoms with E-state index in [9.17, 15) is 4.79 Å². The van der Waals surface area contributed by atoms with E-state index in [1.165, 1.54) is 12.8 Å². The van der Waals surface area contributed by atoms with Gasteiger partial charge in [-0.05, 0) is 53.4 Å². The molecule has 2 heterocycles. The highest BCUT2D eigenvalue weighted by Gasteiger charge is 2.24. The number of aromatic nitrogens is 1. The number of hydrogen-bond acceptors (Lipinski definition) is 3. The summed E-state index contributed by atoms with van der Waals surface area (Å²) in [5, 5.41) is 0. The molecule has 0 N–H and O–H groups in total. The summed E-state index contributed by atoms with van der Waals surface area (Å²) < 4.78 is 2.09. The lowest BCUT2D eigenvalue weighted by atomic mass is 10.0. The number of likely N-dealkylation sites (N-methyl/N-ethyl adjacent to an activating group) is 1. The summed E-state index contributed by atoms with van der Waals surface area (Å²) in [4.78, 5) is 17.1. The van der Waals surface area contributed by atoms with Gasteiger partial charge in [-0.15, -0.1) is 0 Å². The van der Waals surface area contributed by atoms with Gasteiger partial charge in [-0.25, -0.2) is 0 Å². The zero-order valence-corrected chi connectivity index (χ0v) is 13.4. The number of Topliss-reactive ketones (excluding diaryl/α,β-unsaturated/α-hetero) is 1. The number of aryl methyl sites for hydroxylation is 1. The number of carbonyl (C=O) groups excluding carboxylic acids is 1. The molecule has 1 aromatic rings. The minimum absolute atomic E-state index is 0.255. The molecule has 1 unspecified atom stereocenters. The molecule has 4 nitrogen and oxygen atoms in total. The number of piperidine rings is 1. The summed E-state index contributed by atoms with van der Waals surface area (Å²) in [5.41, 5.74) is 3.11. The van der Waals surface area contributed by atoms with Crippen molar-refractivity contribution in [2.24, 2.45) is 7.05 Å². The van der Waals surface area contributed by atoms with Crippen molar-refractivity contribution in [1.29, 1.82) is 0 Å². The second kappa shape index (κ2) is 6.10. The number of nitrogens with zero attached hydrogens (tertiary/aromatic N) is 3. The average Bonchev–Trinajstić information content (AvgIpc) is 2.67. The first-order chi connectivity index (χ1) is 9.40. The van der Waals surface area contributed by atoms with Crippen LogP contribution in [0.25, 0.3) is 0 Å². The molecule has 1 aliphatic heterocycles. The third kappa shape index (κ3) is 3.13. The Bertz CT molecular complexity index is 490. The zero-order chi connectivity index (χ0) is 14.9. The fraction of sp³-hybridized carbons (Fsp3) is 0.688. The third-order valence-corrected chi connectivity index (χ3v) is 4.65. The molecule has 0 aromatic carbocycles. The van der Waals surface area contributed by atoms with E-state index in [4.69, 9.17) is 0 Å². The Labute approximate surface area is 122 Å². The average molecular weight is 277 g/mol. The number of rotatable bonds is 4. The van der Waals surface area contributed by atoms with Crippen LogP contribution in [0.5, 0.6) is 0 Å². The molecule has 20 heavy (non-hydrogen) atoms. The van der Waals surface area contributed by atoms with Crippen LogP contribution in [0.3, 0.4) is 0 Å². The van der Waals surface area contributed by atoms with Gasteiger partial charge in [-0.1, -0.05) is 0 Å². The maximum absolute atomic E-state index is 12.5. The van der Waals surface area contributed by atoms with Crippen LogP contribution in [0.2, 0.25) is 0 Å². The standard InChI is InChI=1S/C16H27N3O/c1-12-9-15(13(2)18(12)5)16(20)11-19-8-6-7-14(10-19)17(3)4/h9,14H,6-8,10-11H2,1-5H3. The Morgan fingerprint density at radius 3 is 2.65 bits per heavy atom. The van der Waals surface area contributed by atoms with E-state index in [-0.39, 0.29) is 5.78 Å². The smallest absolute Gasteiger partial charge is 0.178 e. The second-order valence-electron chi connectivity index (χ2n) is 6.26. The summed E-state index contributed by atoms with van der Waals surface area (Å²) in [6.07, 6.45) is 2.42. The Kier molecular flexibility index (Phi) is 4.66. The molecule has 0 saturated carbocycles. The van der Waals surface area contributed by atoms with Crippen LogP contribution < -0.4 is 0 Å². The molecule has 0 radical (unpaired) electrons. The lowest BCUT2D eigenvalue weighted by Crippen LogP contribution is -2.46. The quantitative estimate of drug-likeness (QED) is 0.786. The molecular weight excluding hydrogens is 250 g/mol. The maximum atomic E-state index is 12.5. The lowest BCUT2D eigenvalue weighted by Gasteiger charge is -2.35. The molecule has 0 spiro atoms. The van der Waals surface area contributed by atoms with Crippen molar-refractivity contribution in [3.05, 3.63) is 23.0 Å². The van der Waals surface area contributed by atoms with Gasteiger partial charge in [0.2, 0.25) is 0 Å². The Morgan fingerprint density at radius 2 is 2.10 bits per heavy atom. The van der Waals surface area contributed by atoms with Gasteiger partial charge in [0.1, 0.15) is 0 Å². The van der Waals surface area contributed by atoms with Crippen molar-refractivity contribution in [3.63, 3.8) is 0 Å². The molecule has 1 aromatic heterocycles. The van der Waals surface area contributed by atoms with E-state index in [0.29, 0.717) is 12.6 Å². The molecule has 1 fully saturated rings. The lowest BCUT2D eigenvalue weighted by molar-refractivity contribution is 0.0851. The molecular formula is C16H27N3O. The Balaban J connectivity index is 2.02. The largest absolute Gasteiger partial charge is 0.351 e. The molecule has 0 aliphatic carbocycles. The van der Waals surface area contributed by atoms with Crippen molar-refractivity contribution >= 4 is 5.78 Å². The number of ketones is 1. The highest BCUT2D eigenvalue weighted by molar-refractivity contribution is 5.99. The van der Waals surface area contributed by atoms with Crippen molar-refractivity contribution in [2.75, 3.05) is 33.7 Å². The van der Waals surface area contributed by atoms with E-state index in [0.717, 1.165) is 30.0 Å². The highest BCUT2D eigenvalue weighted by Crippen LogP contribution is 2.17. The van der Waals surface area contributed by atoms with Gasteiger partial charge in [-0.3, -0.25) is 9.69 Å². The third-order valence-electron chi connectivity index (χ3n) is 4.65.